The van der Waals surface area contributed by atoms with Crippen LogP contribution in [-0.2, 0) is 11.8 Å². The Morgan fingerprint density at radius 3 is 2.64 bits per heavy atom. The molecule has 0 atom stereocenters. The highest BCUT2D eigenvalue weighted by Gasteiger charge is 2.17. The summed E-state index contributed by atoms with van der Waals surface area (Å²) in [5, 5.41) is 7.49. The number of rotatable bonds is 7. The fourth-order valence-electron chi connectivity index (χ4n) is 3.09. The largest absolute Gasteiger partial charge is 0.494 e. The summed E-state index contributed by atoms with van der Waals surface area (Å²) in [6, 6.07) is 15.9. The third-order valence-corrected chi connectivity index (χ3v) is 4.95. The van der Waals surface area contributed by atoms with E-state index in [0.29, 0.717) is 25.3 Å². The molecule has 1 N–H and O–H groups in total. The molecule has 0 spiro atoms. The number of aromatic nitrogens is 2. The van der Waals surface area contributed by atoms with Crippen molar-refractivity contribution < 1.29 is 9.53 Å². The smallest absolute Gasteiger partial charge is 0.225 e. The Bertz CT molecular complexity index is 964. The zero-order chi connectivity index (χ0) is 20.1. The molecule has 0 saturated carbocycles. The summed E-state index contributed by atoms with van der Waals surface area (Å²) in [6.07, 6.45) is 1.03. The lowest BCUT2D eigenvalue weighted by Crippen LogP contribution is -2.15. The molecule has 1 heterocycles. The molecule has 28 heavy (non-hydrogen) atoms. The zero-order valence-electron chi connectivity index (χ0n) is 16.3. The highest BCUT2D eigenvalue weighted by Crippen LogP contribution is 2.32. The second-order valence-electron chi connectivity index (χ2n) is 6.76. The summed E-state index contributed by atoms with van der Waals surface area (Å²) in [6.45, 7) is 4.47. The zero-order valence-corrected chi connectivity index (χ0v) is 17.9. The van der Waals surface area contributed by atoms with E-state index in [0.717, 1.165) is 32.6 Å². The van der Waals surface area contributed by atoms with Crippen LogP contribution in [0.1, 0.15) is 24.1 Å². The first-order valence-electron chi connectivity index (χ1n) is 9.23. The predicted octanol–water partition coefficient (Wildman–Crippen LogP) is 5.26. The number of carbonyl (C=O) groups excluding carboxylic acids is 1. The Morgan fingerprint density at radius 1 is 1.18 bits per heavy atom. The summed E-state index contributed by atoms with van der Waals surface area (Å²) >= 11 is 3.45. The van der Waals surface area contributed by atoms with Gasteiger partial charge < -0.3 is 10.1 Å². The van der Waals surface area contributed by atoms with Crippen LogP contribution in [0.2, 0.25) is 0 Å². The number of hydrogen-bond acceptors (Lipinski definition) is 3. The highest BCUT2D eigenvalue weighted by molar-refractivity contribution is 9.10. The van der Waals surface area contributed by atoms with E-state index in [9.17, 15) is 4.79 Å². The number of halogens is 1. The first-order valence-corrected chi connectivity index (χ1v) is 10.0. The van der Waals surface area contributed by atoms with Crippen molar-refractivity contribution in [3.8, 4) is 16.9 Å². The van der Waals surface area contributed by atoms with Crippen molar-refractivity contribution in [3.63, 3.8) is 0 Å². The van der Waals surface area contributed by atoms with Gasteiger partial charge in [-0.15, -0.1) is 0 Å². The molecule has 146 valence electrons. The van der Waals surface area contributed by atoms with E-state index in [1.165, 1.54) is 0 Å². The first-order chi connectivity index (χ1) is 13.4. The van der Waals surface area contributed by atoms with Gasteiger partial charge in [0.1, 0.15) is 11.6 Å². The van der Waals surface area contributed by atoms with Crippen LogP contribution in [0.3, 0.4) is 0 Å². The number of carbonyl (C=O) groups is 1. The van der Waals surface area contributed by atoms with Crippen LogP contribution in [0.4, 0.5) is 5.82 Å². The van der Waals surface area contributed by atoms with Gasteiger partial charge in [-0.25, -0.2) is 0 Å². The summed E-state index contributed by atoms with van der Waals surface area (Å²) in [7, 11) is 1.84. The van der Waals surface area contributed by atoms with Gasteiger partial charge in [0.2, 0.25) is 5.91 Å². The van der Waals surface area contributed by atoms with Gasteiger partial charge >= 0.3 is 0 Å². The third kappa shape index (κ3) is 5.01. The summed E-state index contributed by atoms with van der Waals surface area (Å²) < 4.78 is 8.44. The van der Waals surface area contributed by atoms with Crippen LogP contribution in [-0.4, -0.2) is 22.3 Å². The van der Waals surface area contributed by atoms with Crippen LogP contribution in [0, 0.1) is 13.8 Å². The third-order valence-electron chi connectivity index (χ3n) is 4.42. The summed E-state index contributed by atoms with van der Waals surface area (Å²) in [5.74, 6) is 1.50. The second kappa shape index (κ2) is 9.06. The predicted molar refractivity (Wildman–Crippen MR) is 116 cm³/mol. The van der Waals surface area contributed by atoms with Crippen molar-refractivity contribution in [1.29, 1.82) is 0 Å². The minimum absolute atomic E-state index is 0.0470. The lowest BCUT2D eigenvalue weighted by Gasteiger charge is -2.10. The number of benzene rings is 2. The minimum Gasteiger partial charge on any atom is -0.494 e. The van der Waals surface area contributed by atoms with Crippen LogP contribution < -0.4 is 10.1 Å². The first kappa shape index (κ1) is 20.1. The average molecular weight is 442 g/mol. The number of ether oxygens (including phenoxy) is 1. The van der Waals surface area contributed by atoms with Crippen LogP contribution >= 0.6 is 15.9 Å². The molecule has 5 nitrogen and oxygen atoms in total. The molecule has 2 aromatic carbocycles. The Balaban J connectivity index is 1.60. The fourth-order valence-corrected chi connectivity index (χ4v) is 3.35. The quantitative estimate of drug-likeness (QED) is 0.508. The van der Waals surface area contributed by atoms with Crippen molar-refractivity contribution in [2.24, 2.45) is 7.05 Å². The molecule has 1 aromatic heterocycles. The number of anilines is 1. The van der Waals surface area contributed by atoms with Crippen LogP contribution in [0.25, 0.3) is 11.1 Å². The van der Waals surface area contributed by atoms with Crippen molar-refractivity contribution in [2.45, 2.75) is 26.7 Å². The number of nitrogens with zero attached hydrogens (tertiary/aromatic N) is 2. The molecule has 6 heteroatoms. The molecule has 0 saturated heterocycles. The SMILES string of the molecule is Cc1cccc(OCCCC(=O)Nc2c(-c3ccc(Br)cc3)c(C)nn2C)c1. The number of nitrogens with one attached hydrogen (secondary N) is 1. The van der Waals surface area contributed by atoms with E-state index in [-0.39, 0.29) is 5.91 Å². The van der Waals surface area contributed by atoms with Crippen molar-refractivity contribution >= 4 is 27.7 Å². The Kier molecular flexibility index (Phi) is 6.52. The molecule has 0 radical (unpaired) electrons. The Labute approximate surface area is 173 Å². The van der Waals surface area contributed by atoms with Gasteiger partial charge in [0, 0.05) is 23.5 Å². The van der Waals surface area contributed by atoms with Crippen LogP contribution in [0.5, 0.6) is 5.75 Å². The average Bonchev–Trinajstić information content (AvgIpc) is 2.93. The van der Waals surface area contributed by atoms with E-state index in [2.05, 4.69) is 26.3 Å². The Hall–Kier alpha value is -2.60. The van der Waals surface area contributed by atoms with Crippen LogP contribution in [0.15, 0.2) is 53.0 Å². The number of amides is 1. The maximum absolute atomic E-state index is 12.5. The van der Waals surface area contributed by atoms with Crippen molar-refractivity contribution in [1.82, 2.24) is 9.78 Å². The van der Waals surface area contributed by atoms with Crippen molar-refractivity contribution in [3.05, 3.63) is 64.3 Å². The topological polar surface area (TPSA) is 56.1 Å². The monoisotopic (exact) mass is 441 g/mol. The van der Waals surface area contributed by atoms with Crippen molar-refractivity contribution in [2.75, 3.05) is 11.9 Å². The molecule has 0 aliphatic carbocycles. The molecule has 1 amide bonds. The molecule has 3 rings (SSSR count). The van der Waals surface area contributed by atoms with E-state index in [4.69, 9.17) is 4.74 Å². The minimum atomic E-state index is -0.0470. The lowest BCUT2D eigenvalue weighted by molar-refractivity contribution is -0.116. The van der Waals surface area contributed by atoms with E-state index in [1.807, 2.05) is 69.4 Å². The number of aryl methyl sites for hydroxylation is 3. The molecule has 3 aromatic rings. The molecular weight excluding hydrogens is 418 g/mol. The molecule has 0 fully saturated rings. The second-order valence-corrected chi connectivity index (χ2v) is 7.67. The van der Waals surface area contributed by atoms with E-state index >= 15 is 0 Å². The Morgan fingerprint density at radius 2 is 1.93 bits per heavy atom. The molecule has 0 aliphatic rings. The van der Waals surface area contributed by atoms with Gasteiger partial charge in [-0.3, -0.25) is 9.48 Å². The maximum Gasteiger partial charge on any atom is 0.225 e. The normalized spacial score (nSPS) is 10.7. The maximum atomic E-state index is 12.5. The molecule has 0 aliphatic heterocycles. The highest BCUT2D eigenvalue weighted by atomic mass is 79.9. The van der Waals surface area contributed by atoms with E-state index < -0.39 is 0 Å². The lowest BCUT2D eigenvalue weighted by atomic mass is 10.1. The van der Waals surface area contributed by atoms with Gasteiger partial charge in [0.05, 0.1) is 12.3 Å². The summed E-state index contributed by atoms with van der Waals surface area (Å²) in [4.78, 5) is 12.5. The summed E-state index contributed by atoms with van der Waals surface area (Å²) in [5.41, 5.74) is 4.00. The van der Waals surface area contributed by atoms with Gasteiger partial charge in [-0.05, 0) is 55.7 Å². The molecule has 0 unspecified atom stereocenters. The van der Waals surface area contributed by atoms with Gasteiger partial charge in [0.15, 0.2) is 0 Å². The van der Waals surface area contributed by atoms with Gasteiger partial charge in [-0.1, -0.05) is 40.2 Å². The fraction of sp³-hybridized carbons (Fsp3) is 0.273. The molecule has 0 bridgehead atoms. The molecular formula is C22H24BrN3O2. The van der Waals surface area contributed by atoms with Gasteiger partial charge in [-0.2, -0.15) is 5.10 Å². The van der Waals surface area contributed by atoms with Gasteiger partial charge in [0.25, 0.3) is 0 Å². The number of hydrogen-bond donors (Lipinski definition) is 1. The van der Waals surface area contributed by atoms with E-state index in [1.54, 1.807) is 4.68 Å². The standard InChI is InChI=1S/C22H24BrN3O2/c1-15-6-4-7-19(14-15)28-13-5-8-20(27)24-22-21(16(2)25-26(22)3)17-9-11-18(23)12-10-17/h4,6-7,9-12,14H,5,8,13H2,1-3H3,(H,24,27).